The standard InChI is InChI=1S/C7H7ClN2O4S/c1-4-2-5(8)7(15(9,13)14)6(3-4)10(11)12/h2-3H,1H3,(H2,9,13,14). The SMILES string of the molecule is Cc1cc(Cl)c(S(N)(=O)=O)c([N+](=O)[O-])c1. The van der Waals surface area contributed by atoms with Gasteiger partial charge in [0.25, 0.3) is 5.69 Å². The van der Waals surface area contributed by atoms with E-state index in [4.69, 9.17) is 16.7 Å². The van der Waals surface area contributed by atoms with Crippen molar-refractivity contribution in [2.45, 2.75) is 11.8 Å². The number of nitro benzene ring substituents is 1. The number of hydrogen-bond donors (Lipinski definition) is 1. The van der Waals surface area contributed by atoms with Gasteiger partial charge in [-0.1, -0.05) is 11.6 Å². The van der Waals surface area contributed by atoms with Crippen molar-refractivity contribution in [3.63, 3.8) is 0 Å². The van der Waals surface area contributed by atoms with Crippen molar-refractivity contribution in [2.24, 2.45) is 5.14 Å². The molecular weight excluding hydrogens is 244 g/mol. The molecule has 1 aromatic rings. The Morgan fingerprint density at radius 1 is 1.47 bits per heavy atom. The fourth-order valence-corrected chi connectivity index (χ4v) is 2.48. The van der Waals surface area contributed by atoms with Crippen LogP contribution in [-0.2, 0) is 10.0 Å². The second kappa shape index (κ2) is 3.76. The van der Waals surface area contributed by atoms with Gasteiger partial charge in [0, 0.05) is 6.07 Å². The molecule has 0 aliphatic rings. The minimum absolute atomic E-state index is 0.246. The van der Waals surface area contributed by atoms with Crippen LogP contribution in [0.2, 0.25) is 5.02 Å². The lowest BCUT2D eigenvalue weighted by Gasteiger charge is -2.03. The van der Waals surface area contributed by atoms with Crippen molar-refractivity contribution in [2.75, 3.05) is 0 Å². The van der Waals surface area contributed by atoms with Gasteiger partial charge in [-0.15, -0.1) is 0 Å². The average molecular weight is 251 g/mol. The van der Waals surface area contributed by atoms with Gasteiger partial charge in [0.15, 0.2) is 4.90 Å². The first-order valence-corrected chi connectivity index (χ1v) is 5.63. The predicted molar refractivity (Wildman–Crippen MR) is 54.2 cm³/mol. The van der Waals surface area contributed by atoms with Gasteiger partial charge in [-0.3, -0.25) is 10.1 Å². The monoisotopic (exact) mass is 250 g/mol. The second-order valence-corrected chi connectivity index (χ2v) is 4.80. The van der Waals surface area contributed by atoms with E-state index in [0.29, 0.717) is 5.56 Å². The highest BCUT2D eigenvalue weighted by atomic mass is 35.5. The highest BCUT2D eigenvalue weighted by Crippen LogP contribution is 2.31. The maximum Gasteiger partial charge on any atom is 0.291 e. The van der Waals surface area contributed by atoms with Gasteiger partial charge in [-0.2, -0.15) is 0 Å². The fraction of sp³-hybridized carbons (Fsp3) is 0.143. The lowest BCUT2D eigenvalue weighted by molar-refractivity contribution is -0.387. The van der Waals surface area contributed by atoms with Crippen LogP contribution in [0.1, 0.15) is 5.56 Å². The summed E-state index contributed by atoms with van der Waals surface area (Å²) in [5.41, 5.74) is -0.124. The quantitative estimate of drug-likeness (QED) is 0.629. The number of hydrogen-bond acceptors (Lipinski definition) is 4. The summed E-state index contributed by atoms with van der Waals surface area (Å²) in [6, 6.07) is 2.40. The van der Waals surface area contributed by atoms with Crippen LogP contribution in [0, 0.1) is 17.0 Å². The molecule has 0 unspecified atom stereocenters. The maximum absolute atomic E-state index is 11.1. The van der Waals surface area contributed by atoms with Gasteiger partial charge in [0.2, 0.25) is 10.0 Å². The Hall–Kier alpha value is -1.18. The molecule has 6 nitrogen and oxygen atoms in total. The molecule has 8 heteroatoms. The Bertz CT molecular complexity index is 526. The molecule has 0 saturated heterocycles. The summed E-state index contributed by atoms with van der Waals surface area (Å²) < 4.78 is 22.2. The van der Waals surface area contributed by atoms with Gasteiger partial charge in [-0.25, -0.2) is 13.6 Å². The molecule has 0 heterocycles. The third-order valence-corrected chi connectivity index (χ3v) is 3.06. The zero-order valence-corrected chi connectivity index (χ0v) is 9.17. The molecule has 2 N–H and O–H groups in total. The van der Waals surface area contributed by atoms with Crippen molar-refractivity contribution in [1.82, 2.24) is 0 Å². The number of sulfonamides is 1. The Labute approximate surface area is 90.9 Å². The summed E-state index contributed by atoms with van der Waals surface area (Å²) >= 11 is 5.60. The first-order chi connectivity index (χ1) is 6.73. The number of benzene rings is 1. The molecule has 0 fully saturated rings. The molecule has 0 bridgehead atoms. The second-order valence-electron chi connectivity index (χ2n) is 2.90. The average Bonchev–Trinajstić information content (AvgIpc) is 1.99. The van der Waals surface area contributed by atoms with Crippen LogP contribution >= 0.6 is 11.6 Å². The molecule has 1 aromatic carbocycles. The lowest BCUT2D eigenvalue weighted by Crippen LogP contribution is -2.15. The molecule has 0 aromatic heterocycles. The van der Waals surface area contributed by atoms with E-state index in [9.17, 15) is 18.5 Å². The number of primary sulfonamides is 1. The highest BCUT2D eigenvalue weighted by Gasteiger charge is 2.26. The van der Waals surface area contributed by atoms with Crippen LogP contribution in [0.5, 0.6) is 0 Å². The van der Waals surface area contributed by atoms with Crippen molar-refractivity contribution < 1.29 is 13.3 Å². The fourth-order valence-electron chi connectivity index (χ4n) is 1.13. The molecule has 0 atom stereocenters. The van der Waals surface area contributed by atoms with E-state index in [1.54, 1.807) is 6.92 Å². The Morgan fingerprint density at radius 3 is 2.40 bits per heavy atom. The van der Waals surface area contributed by atoms with Crippen molar-refractivity contribution in [3.8, 4) is 0 Å². The van der Waals surface area contributed by atoms with Gasteiger partial charge < -0.3 is 0 Å². The number of nitrogens with zero attached hydrogens (tertiary/aromatic N) is 1. The summed E-state index contributed by atoms with van der Waals surface area (Å²) in [4.78, 5) is 9.11. The molecule has 0 aliphatic carbocycles. The normalized spacial score (nSPS) is 11.4. The third kappa shape index (κ3) is 2.44. The first kappa shape index (κ1) is 11.9. The van der Waals surface area contributed by atoms with E-state index in [1.807, 2.05) is 0 Å². The van der Waals surface area contributed by atoms with E-state index in [0.717, 1.165) is 6.07 Å². The van der Waals surface area contributed by atoms with Gasteiger partial charge in [0.05, 0.1) is 9.95 Å². The summed E-state index contributed by atoms with van der Waals surface area (Å²) in [6.45, 7) is 1.56. The maximum atomic E-state index is 11.1. The summed E-state index contributed by atoms with van der Waals surface area (Å²) in [7, 11) is -4.20. The number of aryl methyl sites for hydroxylation is 1. The van der Waals surface area contributed by atoms with Crippen LogP contribution in [0.15, 0.2) is 17.0 Å². The Balaban J connectivity index is 3.70. The smallest absolute Gasteiger partial charge is 0.258 e. The van der Waals surface area contributed by atoms with Gasteiger partial charge >= 0.3 is 0 Å². The van der Waals surface area contributed by atoms with E-state index >= 15 is 0 Å². The van der Waals surface area contributed by atoms with Crippen LogP contribution in [0.4, 0.5) is 5.69 Å². The van der Waals surface area contributed by atoms with E-state index < -0.39 is 25.5 Å². The molecule has 82 valence electrons. The molecule has 0 saturated carbocycles. The molecule has 0 spiro atoms. The Morgan fingerprint density at radius 2 is 2.00 bits per heavy atom. The third-order valence-electron chi connectivity index (χ3n) is 1.65. The van der Waals surface area contributed by atoms with Crippen molar-refractivity contribution in [1.29, 1.82) is 0 Å². The van der Waals surface area contributed by atoms with Crippen LogP contribution in [-0.4, -0.2) is 13.3 Å². The number of rotatable bonds is 2. The van der Waals surface area contributed by atoms with Crippen LogP contribution < -0.4 is 5.14 Å². The molecular formula is C7H7ClN2O4S. The first-order valence-electron chi connectivity index (χ1n) is 3.71. The van der Waals surface area contributed by atoms with Gasteiger partial charge in [0.1, 0.15) is 0 Å². The number of halogens is 1. The van der Waals surface area contributed by atoms with Gasteiger partial charge in [-0.05, 0) is 18.6 Å². The number of nitro groups is 1. The van der Waals surface area contributed by atoms with E-state index in [-0.39, 0.29) is 5.02 Å². The summed E-state index contributed by atoms with van der Waals surface area (Å²) in [6.07, 6.45) is 0. The molecule has 0 amide bonds. The predicted octanol–water partition coefficient (Wildman–Crippen LogP) is 1.20. The highest BCUT2D eigenvalue weighted by molar-refractivity contribution is 7.89. The zero-order valence-electron chi connectivity index (χ0n) is 7.60. The molecule has 0 aliphatic heterocycles. The number of nitrogens with two attached hydrogens (primary N) is 1. The van der Waals surface area contributed by atoms with E-state index in [2.05, 4.69) is 0 Å². The van der Waals surface area contributed by atoms with E-state index in [1.165, 1.54) is 6.07 Å². The van der Waals surface area contributed by atoms with Crippen LogP contribution in [0.3, 0.4) is 0 Å². The molecule has 0 radical (unpaired) electrons. The molecule has 1 rings (SSSR count). The zero-order chi connectivity index (χ0) is 11.8. The largest absolute Gasteiger partial charge is 0.291 e. The molecule has 15 heavy (non-hydrogen) atoms. The summed E-state index contributed by atoms with van der Waals surface area (Å²) in [5.74, 6) is 0. The minimum atomic E-state index is -4.20. The lowest BCUT2D eigenvalue weighted by atomic mass is 10.2. The Kier molecular flexibility index (Phi) is 2.98. The van der Waals surface area contributed by atoms with Crippen molar-refractivity contribution in [3.05, 3.63) is 32.8 Å². The topological polar surface area (TPSA) is 103 Å². The van der Waals surface area contributed by atoms with Crippen molar-refractivity contribution >= 4 is 27.3 Å². The van der Waals surface area contributed by atoms with Crippen LogP contribution in [0.25, 0.3) is 0 Å². The summed E-state index contributed by atoms with van der Waals surface area (Å²) in [5, 5.41) is 15.2. The minimum Gasteiger partial charge on any atom is -0.258 e.